The van der Waals surface area contributed by atoms with Crippen molar-refractivity contribution < 1.29 is 13.9 Å². The van der Waals surface area contributed by atoms with Crippen LogP contribution in [0.1, 0.15) is 31.2 Å². The molecule has 2 unspecified atom stereocenters. The summed E-state index contributed by atoms with van der Waals surface area (Å²) in [5.74, 6) is 0.0390. The van der Waals surface area contributed by atoms with Crippen molar-refractivity contribution in [3.63, 3.8) is 0 Å². The van der Waals surface area contributed by atoms with E-state index in [-0.39, 0.29) is 17.8 Å². The zero-order valence-electron chi connectivity index (χ0n) is 11.9. The van der Waals surface area contributed by atoms with Gasteiger partial charge in [0.25, 0.3) is 0 Å². The number of carbonyl (C=O) groups is 1. The predicted octanol–water partition coefficient (Wildman–Crippen LogP) is 1.90. The van der Waals surface area contributed by atoms with Crippen molar-refractivity contribution in [2.24, 2.45) is 5.73 Å². The summed E-state index contributed by atoms with van der Waals surface area (Å²) in [4.78, 5) is 11.7. The summed E-state index contributed by atoms with van der Waals surface area (Å²) < 4.78 is 19.0. The van der Waals surface area contributed by atoms with Crippen LogP contribution in [-0.2, 0) is 4.79 Å². The third kappa shape index (κ3) is 2.93. The Balaban J connectivity index is 2.11. The number of nitrogens with two attached hydrogens (primary N) is 1. The molecule has 20 heavy (non-hydrogen) atoms. The SMILES string of the molecule is CNC1(C(N)=O)CCCC(Oc2ccc(F)cc2C)C1. The van der Waals surface area contributed by atoms with Gasteiger partial charge >= 0.3 is 0 Å². The van der Waals surface area contributed by atoms with Crippen LogP contribution in [0.3, 0.4) is 0 Å². The van der Waals surface area contributed by atoms with Crippen molar-refractivity contribution in [1.82, 2.24) is 5.32 Å². The minimum Gasteiger partial charge on any atom is -0.490 e. The lowest BCUT2D eigenvalue weighted by Crippen LogP contribution is -2.58. The number of amides is 1. The second kappa shape index (κ2) is 5.79. The Morgan fingerprint density at radius 1 is 1.55 bits per heavy atom. The average Bonchev–Trinajstić information content (AvgIpc) is 2.42. The molecule has 0 aromatic heterocycles. The van der Waals surface area contributed by atoms with Gasteiger partial charge in [-0.3, -0.25) is 4.79 Å². The lowest BCUT2D eigenvalue weighted by molar-refractivity contribution is -0.126. The van der Waals surface area contributed by atoms with E-state index in [0.717, 1.165) is 24.8 Å². The van der Waals surface area contributed by atoms with Crippen molar-refractivity contribution in [3.8, 4) is 5.75 Å². The molecule has 1 saturated carbocycles. The molecule has 0 spiro atoms. The highest BCUT2D eigenvalue weighted by molar-refractivity contribution is 5.84. The molecule has 3 N–H and O–H groups in total. The van der Waals surface area contributed by atoms with Crippen molar-refractivity contribution in [3.05, 3.63) is 29.6 Å². The molecule has 0 aliphatic heterocycles. The highest BCUT2D eigenvalue weighted by atomic mass is 19.1. The fraction of sp³-hybridized carbons (Fsp3) is 0.533. The van der Waals surface area contributed by atoms with Gasteiger partial charge < -0.3 is 15.8 Å². The number of aryl methyl sites for hydroxylation is 1. The molecule has 0 bridgehead atoms. The molecule has 2 atom stereocenters. The van der Waals surface area contributed by atoms with Crippen LogP contribution in [0.5, 0.6) is 5.75 Å². The summed E-state index contributed by atoms with van der Waals surface area (Å²) >= 11 is 0. The molecule has 1 aromatic carbocycles. The van der Waals surface area contributed by atoms with Crippen LogP contribution in [0.25, 0.3) is 0 Å². The number of ether oxygens (including phenoxy) is 1. The van der Waals surface area contributed by atoms with Gasteiger partial charge in [-0.05, 0) is 57.0 Å². The Morgan fingerprint density at radius 2 is 2.30 bits per heavy atom. The lowest BCUT2D eigenvalue weighted by atomic mass is 9.79. The standard InChI is InChI=1S/C15H21FN2O2/c1-10-8-11(16)5-6-13(10)20-12-4-3-7-15(9-12,18-2)14(17)19/h5-6,8,12,18H,3-4,7,9H2,1-2H3,(H2,17,19). The van der Waals surface area contributed by atoms with Crippen LogP contribution in [-0.4, -0.2) is 24.6 Å². The van der Waals surface area contributed by atoms with Crippen LogP contribution in [0, 0.1) is 12.7 Å². The molecule has 4 nitrogen and oxygen atoms in total. The zero-order valence-corrected chi connectivity index (χ0v) is 11.9. The van der Waals surface area contributed by atoms with Gasteiger partial charge in [-0.25, -0.2) is 4.39 Å². The maximum Gasteiger partial charge on any atom is 0.237 e. The van der Waals surface area contributed by atoms with Gasteiger partial charge in [0, 0.05) is 6.42 Å². The number of benzene rings is 1. The van der Waals surface area contributed by atoms with Gasteiger partial charge in [-0.2, -0.15) is 0 Å². The number of nitrogens with one attached hydrogen (secondary N) is 1. The molecule has 1 aliphatic carbocycles. The summed E-state index contributed by atoms with van der Waals surface area (Å²) in [5.41, 5.74) is 5.57. The van der Waals surface area contributed by atoms with E-state index in [1.807, 2.05) is 0 Å². The molecule has 2 rings (SSSR count). The van der Waals surface area contributed by atoms with E-state index in [2.05, 4.69) is 5.32 Å². The van der Waals surface area contributed by atoms with E-state index in [1.54, 1.807) is 20.0 Å². The maximum atomic E-state index is 13.1. The average molecular weight is 280 g/mol. The maximum absolute atomic E-state index is 13.1. The molecule has 0 saturated heterocycles. The molecule has 1 fully saturated rings. The van der Waals surface area contributed by atoms with E-state index < -0.39 is 5.54 Å². The Kier molecular flexibility index (Phi) is 4.28. The minimum absolute atomic E-state index is 0.0899. The van der Waals surface area contributed by atoms with E-state index in [9.17, 15) is 9.18 Å². The Morgan fingerprint density at radius 3 is 2.90 bits per heavy atom. The molecule has 0 heterocycles. The largest absolute Gasteiger partial charge is 0.490 e. The van der Waals surface area contributed by atoms with Gasteiger partial charge in [0.1, 0.15) is 23.2 Å². The lowest BCUT2D eigenvalue weighted by Gasteiger charge is -2.38. The highest BCUT2D eigenvalue weighted by Crippen LogP contribution is 2.31. The third-order valence-electron chi connectivity index (χ3n) is 4.09. The Labute approximate surface area is 118 Å². The van der Waals surface area contributed by atoms with Crippen LogP contribution < -0.4 is 15.8 Å². The number of hydrogen-bond donors (Lipinski definition) is 2. The monoisotopic (exact) mass is 280 g/mol. The number of halogens is 1. The van der Waals surface area contributed by atoms with E-state index >= 15 is 0 Å². The molecule has 1 amide bonds. The molecule has 5 heteroatoms. The zero-order chi connectivity index (χ0) is 14.8. The van der Waals surface area contributed by atoms with Crippen molar-refractivity contribution in [2.45, 2.75) is 44.2 Å². The number of rotatable bonds is 4. The first kappa shape index (κ1) is 14.8. The van der Waals surface area contributed by atoms with Crippen LogP contribution in [0.2, 0.25) is 0 Å². The predicted molar refractivity (Wildman–Crippen MR) is 75.0 cm³/mol. The quantitative estimate of drug-likeness (QED) is 0.885. The van der Waals surface area contributed by atoms with Gasteiger partial charge in [0.2, 0.25) is 5.91 Å². The van der Waals surface area contributed by atoms with Crippen molar-refractivity contribution in [2.75, 3.05) is 7.05 Å². The fourth-order valence-corrected chi connectivity index (χ4v) is 2.82. The second-order valence-corrected chi connectivity index (χ2v) is 5.44. The van der Waals surface area contributed by atoms with E-state index in [1.165, 1.54) is 12.1 Å². The van der Waals surface area contributed by atoms with Gasteiger partial charge in [-0.15, -0.1) is 0 Å². The fourth-order valence-electron chi connectivity index (χ4n) is 2.82. The number of carbonyl (C=O) groups excluding carboxylic acids is 1. The topological polar surface area (TPSA) is 64.3 Å². The van der Waals surface area contributed by atoms with Gasteiger partial charge in [0.15, 0.2) is 0 Å². The van der Waals surface area contributed by atoms with Crippen LogP contribution >= 0.6 is 0 Å². The van der Waals surface area contributed by atoms with Crippen molar-refractivity contribution >= 4 is 5.91 Å². The Bertz CT molecular complexity index is 507. The van der Waals surface area contributed by atoms with Gasteiger partial charge in [0.05, 0.1) is 0 Å². The van der Waals surface area contributed by atoms with Gasteiger partial charge in [-0.1, -0.05) is 0 Å². The minimum atomic E-state index is -0.698. The molecule has 1 aromatic rings. The molecule has 0 radical (unpaired) electrons. The molecule has 110 valence electrons. The van der Waals surface area contributed by atoms with Crippen LogP contribution in [0.15, 0.2) is 18.2 Å². The first-order valence-electron chi connectivity index (χ1n) is 6.88. The second-order valence-electron chi connectivity index (χ2n) is 5.44. The molecular weight excluding hydrogens is 259 g/mol. The number of hydrogen-bond acceptors (Lipinski definition) is 3. The van der Waals surface area contributed by atoms with Crippen LogP contribution in [0.4, 0.5) is 4.39 Å². The summed E-state index contributed by atoms with van der Waals surface area (Å²) in [6.07, 6.45) is 2.91. The normalized spacial score (nSPS) is 26.2. The summed E-state index contributed by atoms with van der Waals surface area (Å²) in [7, 11) is 1.75. The molecule has 1 aliphatic rings. The number of likely N-dealkylation sites (N-methyl/N-ethyl adjacent to an activating group) is 1. The summed E-state index contributed by atoms with van der Waals surface area (Å²) in [6.45, 7) is 1.81. The van der Waals surface area contributed by atoms with Crippen molar-refractivity contribution in [1.29, 1.82) is 0 Å². The van der Waals surface area contributed by atoms with E-state index in [0.29, 0.717) is 12.2 Å². The molecular formula is C15H21FN2O2. The third-order valence-corrected chi connectivity index (χ3v) is 4.09. The first-order valence-corrected chi connectivity index (χ1v) is 6.88. The van der Waals surface area contributed by atoms with E-state index in [4.69, 9.17) is 10.5 Å². The highest BCUT2D eigenvalue weighted by Gasteiger charge is 2.41. The Hall–Kier alpha value is -1.62. The first-order chi connectivity index (χ1) is 9.47. The summed E-state index contributed by atoms with van der Waals surface area (Å²) in [6, 6.07) is 4.45. The smallest absolute Gasteiger partial charge is 0.237 e. The number of primary amides is 1. The summed E-state index contributed by atoms with van der Waals surface area (Å²) in [5, 5.41) is 3.04.